The fraction of sp³-hybridized carbons (Fsp3) is 0.357. The van der Waals surface area contributed by atoms with Crippen molar-refractivity contribution in [1.29, 1.82) is 0 Å². The van der Waals surface area contributed by atoms with Crippen LogP contribution in [-0.4, -0.2) is 20.5 Å². The zero-order valence-electron chi connectivity index (χ0n) is 11.3. The topological polar surface area (TPSA) is 73.0 Å². The van der Waals surface area contributed by atoms with Crippen molar-refractivity contribution >= 4 is 5.69 Å². The molecule has 2 aromatic rings. The second kappa shape index (κ2) is 5.61. The van der Waals surface area contributed by atoms with E-state index >= 15 is 0 Å². The van der Waals surface area contributed by atoms with Crippen LogP contribution in [-0.2, 0) is 13.1 Å². The average molecular weight is 290 g/mol. The number of imidazole rings is 1. The number of nitrogens with one attached hydrogen (secondary N) is 1. The maximum absolute atomic E-state index is 13.4. The molecule has 6 nitrogen and oxygen atoms in total. The Balaban J connectivity index is 1.69. The van der Waals surface area contributed by atoms with Crippen molar-refractivity contribution in [1.82, 2.24) is 14.9 Å². The van der Waals surface area contributed by atoms with Crippen LogP contribution in [0.2, 0.25) is 0 Å². The number of hydrogen-bond donors (Lipinski definition) is 1. The third-order valence-electron chi connectivity index (χ3n) is 3.35. The van der Waals surface area contributed by atoms with Gasteiger partial charge in [0.05, 0.1) is 23.0 Å². The number of halogens is 1. The number of benzene rings is 1. The van der Waals surface area contributed by atoms with Gasteiger partial charge in [0.2, 0.25) is 0 Å². The lowest BCUT2D eigenvalue weighted by atomic mass is 10.2. The van der Waals surface area contributed by atoms with Gasteiger partial charge in [-0.25, -0.2) is 9.37 Å². The standard InChI is InChI=1S/C14H15FN4O2/c15-11-3-10(4-14(5-11)19(20)21)7-18-8-13(17-9-18)6-16-12-1-2-12/h3-5,8-9,12,16H,1-2,6-7H2. The van der Waals surface area contributed by atoms with Crippen LogP contribution in [0.15, 0.2) is 30.7 Å². The number of nitro groups is 1. The fourth-order valence-corrected chi connectivity index (χ4v) is 2.16. The van der Waals surface area contributed by atoms with Gasteiger partial charge in [0, 0.05) is 31.4 Å². The van der Waals surface area contributed by atoms with Crippen LogP contribution < -0.4 is 5.32 Å². The second-order valence-corrected chi connectivity index (χ2v) is 5.27. The average Bonchev–Trinajstić information content (AvgIpc) is 3.16. The van der Waals surface area contributed by atoms with E-state index in [0.29, 0.717) is 24.7 Å². The summed E-state index contributed by atoms with van der Waals surface area (Å²) in [6, 6.07) is 4.21. The van der Waals surface area contributed by atoms with Crippen LogP contribution in [0.1, 0.15) is 24.1 Å². The van der Waals surface area contributed by atoms with Crippen molar-refractivity contribution in [2.75, 3.05) is 0 Å². The number of rotatable bonds is 6. The Kier molecular flexibility index (Phi) is 3.66. The first-order chi connectivity index (χ1) is 10.1. The first-order valence-corrected chi connectivity index (χ1v) is 6.78. The number of non-ortho nitro benzene ring substituents is 1. The summed E-state index contributed by atoms with van der Waals surface area (Å²) in [6.45, 7) is 1.07. The minimum absolute atomic E-state index is 0.235. The van der Waals surface area contributed by atoms with E-state index < -0.39 is 10.7 Å². The molecule has 1 aromatic carbocycles. The van der Waals surface area contributed by atoms with Gasteiger partial charge < -0.3 is 9.88 Å². The van der Waals surface area contributed by atoms with Gasteiger partial charge in [-0.3, -0.25) is 10.1 Å². The van der Waals surface area contributed by atoms with Gasteiger partial charge in [-0.15, -0.1) is 0 Å². The molecular weight excluding hydrogens is 275 g/mol. The van der Waals surface area contributed by atoms with Crippen molar-refractivity contribution in [3.05, 3.63) is 57.9 Å². The Hall–Kier alpha value is -2.28. The maximum atomic E-state index is 13.4. The molecule has 0 amide bonds. The molecule has 1 saturated carbocycles. The Labute approximate surface area is 120 Å². The normalized spacial score (nSPS) is 14.3. The third-order valence-corrected chi connectivity index (χ3v) is 3.35. The van der Waals surface area contributed by atoms with E-state index in [2.05, 4.69) is 10.3 Å². The molecule has 0 aliphatic heterocycles. The van der Waals surface area contributed by atoms with Crippen molar-refractivity contribution < 1.29 is 9.31 Å². The van der Waals surface area contributed by atoms with E-state index in [1.807, 2.05) is 6.20 Å². The Bertz CT molecular complexity index is 667. The molecule has 1 aromatic heterocycles. The van der Waals surface area contributed by atoms with Gasteiger partial charge in [0.15, 0.2) is 0 Å². The van der Waals surface area contributed by atoms with Crippen molar-refractivity contribution in [2.24, 2.45) is 0 Å². The lowest BCUT2D eigenvalue weighted by Gasteiger charge is -2.03. The van der Waals surface area contributed by atoms with Crippen LogP contribution >= 0.6 is 0 Å². The molecule has 0 spiro atoms. The van der Waals surface area contributed by atoms with Gasteiger partial charge in [-0.05, 0) is 24.5 Å². The van der Waals surface area contributed by atoms with Gasteiger partial charge in [-0.2, -0.15) is 0 Å². The highest BCUT2D eigenvalue weighted by Crippen LogP contribution is 2.19. The van der Waals surface area contributed by atoms with Crippen LogP contribution in [0, 0.1) is 15.9 Å². The first kappa shape index (κ1) is 13.7. The molecule has 1 fully saturated rings. The largest absolute Gasteiger partial charge is 0.333 e. The van der Waals surface area contributed by atoms with Crippen LogP contribution in [0.3, 0.4) is 0 Å². The van der Waals surface area contributed by atoms with Crippen molar-refractivity contribution in [3.63, 3.8) is 0 Å². The number of nitro benzene ring substituents is 1. The summed E-state index contributed by atoms with van der Waals surface area (Å²) in [5.74, 6) is -0.602. The molecule has 0 radical (unpaired) electrons. The van der Waals surface area contributed by atoms with E-state index in [1.54, 1.807) is 10.9 Å². The number of aromatic nitrogens is 2. The zero-order chi connectivity index (χ0) is 14.8. The van der Waals surface area contributed by atoms with Crippen LogP contribution in [0.4, 0.5) is 10.1 Å². The summed E-state index contributed by atoms with van der Waals surface area (Å²) in [5, 5.41) is 14.1. The highest BCUT2D eigenvalue weighted by molar-refractivity contribution is 5.35. The maximum Gasteiger partial charge on any atom is 0.272 e. The molecule has 110 valence electrons. The van der Waals surface area contributed by atoms with E-state index in [0.717, 1.165) is 11.8 Å². The van der Waals surface area contributed by atoms with Crippen LogP contribution in [0.5, 0.6) is 0 Å². The zero-order valence-corrected chi connectivity index (χ0v) is 11.3. The minimum Gasteiger partial charge on any atom is -0.333 e. The lowest BCUT2D eigenvalue weighted by molar-refractivity contribution is -0.385. The first-order valence-electron chi connectivity index (χ1n) is 6.78. The monoisotopic (exact) mass is 290 g/mol. The summed E-state index contributed by atoms with van der Waals surface area (Å²) in [6.07, 6.45) is 5.95. The molecule has 21 heavy (non-hydrogen) atoms. The predicted molar refractivity (Wildman–Crippen MR) is 74.2 cm³/mol. The predicted octanol–water partition coefficient (Wildman–Crippen LogP) is 2.23. The lowest BCUT2D eigenvalue weighted by Crippen LogP contribution is -2.15. The molecule has 0 bridgehead atoms. The molecule has 0 atom stereocenters. The molecule has 0 saturated heterocycles. The van der Waals surface area contributed by atoms with E-state index in [-0.39, 0.29) is 5.69 Å². The number of hydrogen-bond acceptors (Lipinski definition) is 4. The van der Waals surface area contributed by atoms with E-state index in [4.69, 9.17) is 0 Å². The molecule has 1 aliphatic carbocycles. The fourth-order valence-electron chi connectivity index (χ4n) is 2.16. The minimum atomic E-state index is -0.602. The molecular formula is C14H15FN4O2. The van der Waals surface area contributed by atoms with Crippen molar-refractivity contribution in [2.45, 2.75) is 32.0 Å². The third kappa shape index (κ3) is 3.63. The molecule has 7 heteroatoms. The summed E-state index contributed by atoms with van der Waals surface area (Å²) in [4.78, 5) is 14.4. The quantitative estimate of drug-likeness (QED) is 0.654. The second-order valence-electron chi connectivity index (χ2n) is 5.27. The van der Waals surface area contributed by atoms with Crippen molar-refractivity contribution in [3.8, 4) is 0 Å². The smallest absolute Gasteiger partial charge is 0.272 e. The SMILES string of the molecule is O=[N+]([O-])c1cc(F)cc(Cn2cnc(CNC3CC3)c2)c1. The molecule has 1 aliphatic rings. The number of nitrogens with zero attached hydrogens (tertiary/aromatic N) is 3. The summed E-state index contributed by atoms with van der Waals surface area (Å²) in [7, 11) is 0. The summed E-state index contributed by atoms with van der Waals surface area (Å²) < 4.78 is 15.2. The summed E-state index contributed by atoms with van der Waals surface area (Å²) >= 11 is 0. The highest BCUT2D eigenvalue weighted by atomic mass is 19.1. The van der Waals surface area contributed by atoms with E-state index in [1.165, 1.54) is 25.0 Å². The Morgan fingerprint density at radius 1 is 1.43 bits per heavy atom. The van der Waals surface area contributed by atoms with Gasteiger partial charge >= 0.3 is 0 Å². The summed E-state index contributed by atoms with van der Waals surface area (Å²) in [5.41, 5.74) is 1.22. The molecule has 0 unspecified atom stereocenters. The van der Waals surface area contributed by atoms with E-state index in [9.17, 15) is 14.5 Å². The molecule has 3 rings (SSSR count). The van der Waals surface area contributed by atoms with Crippen LogP contribution in [0.25, 0.3) is 0 Å². The van der Waals surface area contributed by atoms with Gasteiger partial charge in [-0.1, -0.05) is 0 Å². The van der Waals surface area contributed by atoms with Gasteiger partial charge in [0.1, 0.15) is 5.82 Å². The van der Waals surface area contributed by atoms with Gasteiger partial charge in [0.25, 0.3) is 5.69 Å². The molecule has 1 N–H and O–H groups in total. The Morgan fingerprint density at radius 3 is 2.95 bits per heavy atom. The Morgan fingerprint density at radius 2 is 2.24 bits per heavy atom. The highest BCUT2D eigenvalue weighted by Gasteiger charge is 2.20. The molecule has 1 heterocycles.